The van der Waals surface area contributed by atoms with Crippen LogP contribution in [0.15, 0.2) is 24.3 Å². The summed E-state index contributed by atoms with van der Waals surface area (Å²) >= 11 is 0. The molecule has 0 aromatic heterocycles. The molecule has 0 amide bonds. The molecule has 2 fully saturated rings. The fraction of sp³-hybridized carbons (Fsp3) is 0.667. The van der Waals surface area contributed by atoms with E-state index in [1.165, 1.54) is 38.5 Å². The molecular weight excluding hydrogens is 263 g/mol. The van der Waals surface area contributed by atoms with Gasteiger partial charge in [0.1, 0.15) is 5.82 Å². The van der Waals surface area contributed by atoms with Gasteiger partial charge in [0.25, 0.3) is 0 Å². The van der Waals surface area contributed by atoms with Crippen LogP contribution in [0.1, 0.15) is 44.1 Å². The van der Waals surface area contributed by atoms with Crippen molar-refractivity contribution in [3.05, 3.63) is 35.6 Å². The molecule has 2 nitrogen and oxygen atoms in total. The molecule has 1 saturated carbocycles. The Hall–Kier alpha value is -0.930. The Morgan fingerprint density at radius 1 is 1.10 bits per heavy atom. The molecule has 2 aliphatic rings. The molecule has 116 valence electrons. The lowest BCUT2D eigenvalue weighted by atomic mass is 9.88. The Balaban J connectivity index is 1.67. The minimum Gasteiger partial charge on any atom is -0.315 e. The second-order valence-electron chi connectivity index (χ2n) is 6.67. The Morgan fingerprint density at radius 3 is 2.62 bits per heavy atom. The number of hydrogen-bond acceptors (Lipinski definition) is 2. The summed E-state index contributed by atoms with van der Waals surface area (Å²) in [6.07, 6.45) is 8.06. The molecule has 1 aromatic carbocycles. The van der Waals surface area contributed by atoms with Gasteiger partial charge in [-0.25, -0.2) is 4.39 Å². The van der Waals surface area contributed by atoms with E-state index in [9.17, 15) is 4.39 Å². The number of hydrogen-bond donors (Lipinski definition) is 1. The van der Waals surface area contributed by atoms with Crippen molar-refractivity contribution in [2.24, 2.45) is 5.92 Å². The summed E-state index contributed by atoms with van der Waals surface area (Å²) < 4.78 is 14.0. The van der Waals surface area contributed by atoms with Gasteiger partial charge in [-0.2, -0.15) is 0 Å². The summed E-state index contributed by atoms with van der Waals surface area (Å²) in [4.78, 5) is 2.54. The molecule has 0 radical (unpaired) electrons. The first-order valence-electron chi connectivity index (χ1n) is 8.51. The first-order chi connectivity index (χ1) is 10.3. The molecule has 1 atom stereocenters. The van der Waals surface area contributed by atoms with Crippen LogP contribution >= 0.6 is 0 Å². The summed E-state index contributed by atoms with van der Waals surface area (Å²) in [5, 5.41) is 3.46. The van der Waals surface area contributed by atoms with Crippen LogP contribution in [0.25, 0.3) is 0 Å². The van der Waals surface area contributed by atoms with Crippen LogP contribution in [-0.4, -0.2) is 30.6 Å². The topological polar surface area (TPSA) is 15.3 Å². The van der Waals surface area contributed by atoms with Crippen molar-refractivity contribution >= 4 is 0 Å². The lowest BCUT2D eigenvalue weighted by Crippen LogP contribution is -2.40. The third kappa shape index (κ3) is 4.04. The van der Waals surface area contributed by atoms with Crippen molar-refractivity contribution in [1.82, 2.24) is 10.2 Å². The molecule has 1 aromatic rings. The van der Waals surface area contributed by atoms with Gasteiger partial charge in [-0.15, -0.1) is 0 Å². The number of nitrogens with zero attached hydrogens (tertiary/aromatic N) is 1. The van der Waals surface area contributed by atoms with E-state index in [1.807, 2.05) is 12.1 Å². The van der Waals surface area contributed by atoms with Crippen LogP contribution in [0.4, 0.5) is 4.39 Å². The zero-order valence-electron chi connectivity index (χ0n) is 12.9. The minimum absolute atomic E-state index is 0.0582. The van der Waals surface area contributed by atoms with Crippen LogP contribution in [-0.2, 0) is 6.54 Å². The normalized spacial score (nSPS) is 23.8. The number of benzene rings is 1. The van der Waals surface area contributed by atoms with Gasteiger partial charge in [-0.1, -0.05) is 37.5 Å². The van der Waals surface area contributed by atoms with Crippen molar-refractivity contribution in [3.63, 3.8) is 0 Å². The zero-order chi connectivity index (χ0) is 14.5. The number of rotatable bonds is 5. The average Bonchev–Trinajstić information content (AvgIpc) is 3.04. The van der Waals surface area contributed by atoms with Gasteiger partial charge < -0.3 is 5.32 Å². The van der Waals surface area contributed by atoms with Gasteiger partial charge in [0.15, 0.2) is 0 Å². The Morgan fingerprint density at radius 2 is 1.90 bits per heavy atom. The lowest BCUT2D eigenvalue weighted by molar-refractivity contribution is 0.147. The van der Waals surface area contributed by atoms with E-state index in [-0.39, 0.29) is 5.82 Å². The lowest BCUT2D eigenvalue weighted by Gasteiger charge is -2.33. The summed E-state index contributed by atoms with van der Waals surface area (Å²) in [7, 11) is 0. The summed E-state index contributed by atoms with van der Waals surface area (Å²) in [5.41, 5.74) is 0.847. The first kappa shape index (κ1) is 15.0. The Kier molecular flexibility index (Phi) is 5.26. The molecule has 1 aliphatic carbocycles. The summed E-state index contributed by atoms with van der Waals surface area (Å²) in [6, 6.07) is 7.82. The quantitative estimate of drug-likeness (QED) is 0.892. The largest absolute Gasteiger partial charge is 0.315 e. The highest BCUT2D eigenvalue weighted by molar-refractivity contribution is 5.17. The standard InChI is InChI=1S/C18H27FN2/c19-18-9-5-4-8-16(18)14-21(17-10-11-20-12-17)13-15-6-2-1-3-7-15/h4-5,8-9,15,17,20H,1-3,6-7,10-14H2/t17-/m0/s1. The van der Waals surface area contributed by atoms with Crippen LogP contribution < -0.4 is 5.32 Å². The van der Waals surface area contributed by atoms with Crippen molar-refractivity contribution < 1.29 is 4.39 Å². The second kappa shape index (κ2) is 7.37. The van der Waals surface area contributed by atoms with E-state index in [0.29, 0.717) is 6.04 Å². The fourth-order valence-corrected chi connectivity index (χ4v) is 3.84. The van der Waals surface area contributed by atoms with Crippen molar-refractivity contribution in [3.8, 4) is 0 Å². The van der Waals surface area contributed by atoms with E-state index in [4.69, 9.17) is 0 Å². The van der Waals surface area contributed by atoms with Crippen LogP contribution in [0, 0.1) is 11.7 Å². The third-order valence-electron chi connectivity index (χ3n) is 5.10. The van der Waals surface area contributed by atoms with E-state index in [1.54, 1.807) is 12.1 Å². The van der Waals surface area contributed by atoms with Crippen molar-refractivity contribution in [1.29, 1.82) is 0 Å². The molecule has 0 bridgehead atoms. The molecule has 1 saturated heterocycles. The second-order valence-corrected chi connectivity index (χ2v) is 6.67. The average molecular weight is 290 g/mol. The van der Waals surface area contributed by atoms with Gasteiger partial charge in [-0.3, -0.25) is 4.90 Å². The molecule has 3 heteroatoms. The number of nitrogens with one attached hydrogen (secondary N) is 1. The van der Waals surface area contributed by atoms with Gasteiger partial charge in [0.2, 0.25) is 0 Å². The Bertz CT molecular complexity index is 437. The highest BCUT2D eigenvalue weighted by Crippen LogP contribution is 2.26. The monoisotopic (exact) mass is 290 g/mol. The fourth-order valence-electron chi connectivity index (χ4n) is 3.84. The predicted molar refractivity (Wildman–Crippen MR) is 84.7 cm³/mol. The summed E-state index contributed by atoms with van der Waals surface area (Å²) in [6.45, 7) is 4.06. The molecule has 0 spiro atoms. The van der Waals surface area contributed by atoms with Crippen molar-refractivity contribution in [2.75, 3.05) is 19.6 Å². The first-order valence-corrected chi connectivity index (χ1v) is 8.51. The highest BCUT2D eigenvalue weighted by atomic mass is 19.1. The number of halogens is 1. The smallest absolute Gasteiger partial charge is 0.127 e. The Labute approximate surface area is 127 Å². The van der Waals surface area contributed by atoms with Gasteiger partial charge in [0, 0.05) is 31.2 Å². The van der Waals surface area contributed by atoms with E-state index in [2.05, 4.69) is 10.2 Å². The van der Waals surface area contributed by atoms with E-state index >= 15 is 0 Å². The minimum atomic E-state index is -0.0582. The van der Waals surface area contributed by atoms with Crippen LogP contribution in [0.2, 0.25) is 0 Å². The molecule has 21 heavy (non-hydrogen) atoms. The van der Waals surface area contributed by atoms with Gasteiger partial charge in [-0.05, 0) is 37.8 Å². The summed E-state index contributed by atoms with van der Waals surface area (Å²) in [5.74, 6) is 0.753. The van der Waals surface area contributed by atoms with E-state index in [0.717, 1.165) is 37.7 Å². The maximum atomic E-state index is 14.0. The molecule has 1 N–H and O–H groups in total. The highest BCUT2D eigenvalue weighted by Gasteiger charge is 2.26. The maximum absolute atomic E-state index is 14.0. The third-order valence-corrected chi connectivity index (χ3v) is 5.10. The zero-order valence-corrected chi connectivity index (χ0v) is 12.9. The van der Waals surface area contributed by atoms with Gasteiger partial charge >= 0.3 is 0 Å². The molecule has 3 rings (SSSR count). The molecule has 1 aliphatic heterocycles. The molecule has 1 heterocycles. The van der Waals surface area contributed by atoms with Crippen molar-refractivity contribution in [2.45, 2.75) is 51.1 Å². The van der Waals surface area contributed by atoms with Gasteiger partial charge in [0.05, 0.1) is 0 Å². The molecule has 0 unspecified atom stereocenters. The van der Waals surface area contributed by atoms with E-state index < -0.39 is 0 Å². The van der Waals surface area contributed by atoms with Crippen LogP contribution in [0.3, 0.4) is 0 Å². The SMILES string of the molecule is Fc1ccccc1CN(CC1CCCCC1)[C@H]1CCNC1. The van der Waals surface area contributed by atoms with Crippen LogP contribution in [0.5, 0.6) is 0 Å². The maximum Gasteiger partial charge on any atom is 0.127 e. The molecular formula is C18H27FN2. The predicted octanol–water partition coefficient (Wildman–Crippen LogP) is 3.57.